The molecule has 1 aliphatic rings. The Bertz CT molecular complexity index is 1470. The minimum absolute atomic E-state index is 0.243. The molecule has 1 heterocycles. The van der Waals surface area contributed by atoms with Gasteiger partial charge in [-0.3, -0.25) is 4.55 Å². The topological polar surface area (TPSA) is 108 Å². The van der Waals surface area contributed by atoms with Crippen LogP contribution in [0, 0.1) is 13.8 Å². The zero-order chi connectivity index (χ0) is 30.0. The molecule has 220 valence electrons. The average molecular weight is 610 g/mol. The van der Waals surface area contributed by atoms with Crippen molar-refractivity contribution in [2.24, 2.45) is 0 Å². The number of halogens is 2. The molecule has 4 rings (SSSR count). The second kappa shape index (κ2) is 12.2. The SMILES string of the molecule is Cc1cc([S+](c2ccccc2)c2ccc(C3(C)OCCO3)cc2)cc(C)c1OC(=O)COC(C)C(F)(F)S(=O)(=O)O. The highest BCUT2D eigenvalue weighted by molar-refractivity contribution is 7.97. The van der Waals surface area contributed by atoms with E-state index in [1.165, 1.54) is 0 Å². The lowest BCUT2D eigenvalue weighted by Crippen LogP contribution is -2.42. The number of carbonyl (C=O) groups excluding carboxylic acids is 1. The zero-order valence-electron chi connectivity index (χ0n) is 22.9. The van der Waals surface area contributed by atoms with Gasteiger partial charge in [-0.2, -0.15) is 17.2 Å². The fourth-order valence-electron chi connectivity index (χ4n) is 4.37. The summed E-state index contributed by atoms with van der Waals surface area (Å²) in [6.07, 6.45) is -2.27. The first-order valence-electron chi connectivity index (χ1n) is 12.7. The standard InChI is InChI=1S/C29H30F2O8S2/c1-19-16-25(17-20(2)27(19)39-26(32)18-36-21(3)29(30,31)41(33,34)35)40(23-8-6-5-7-9-23)24-12-10-22(11-13-24)28(4)37-14-15-38-28/h5-13,16-17,21H,14-15,18H2,1-4H3/p+1. The number of esters is 1. The van der Waals surface area contributed by atoms with Crippen LogP contribution in [0.3, 0.4) is 0 Å². The molecule has 1 saturated heterocycles. The second-order valence-electron chi connectivity index (χ2n) is 9.64. The first-order chi connectivity index (χ1) is 19.2. The zero-order valence-corrected chi connectivity index (χ0v) is 24.6. The summed E-state index contributed by atoms with van der Waals surface area (Å²) < 4.78 is 79.6. The summed E-state index contributed by atoms with van der Waals surface area (Å²) in [5, 5.41) is -4.58. The van der Waals surface area contributed by atoms with Crippen LogP contribution >= 0.6 is 0 Å². The van der Waals surface area contributed by atoms with E-state index in [0.29, 0.717) is 24.3 Å². The first kappa shape index (κ1) is 31.1. The third-order valence-corrected chi connectivity index (χ3v) is 9.80. The quantitative estimate of drug-likeness (QED) is 0.141. The van der Waals surface area contributed by atoms with Crippen LogP contribution in [0.15, 0.2) is 81.4 Å². The molecule has 0 saturated carbocycles. The molecular weight excluding hydrogens is 578 g/mol. The molecule has 1 fully saturated rings. The third-order valence-electron chi connectivity index (χ3n) is 6.59. The molecule has 3 aromatic rings. The maximum Gasteiger partial charge on any atom is 0.394 e. The molecule has 12 heteroatoms. The van der Waals surface area contributed by atoms with E-state index >= 15 is 0 Å². The lowest BCUT2D eigenvalue weighted by atomic mass is 10.1. The number of alkyl halides is 2. The van der Waals surface area contributed by atoms with Gasteiger partial charge in [0.15, 0.2) is 20.5 Å². The van der Waals surface area contributed by atoms with Gasteiger partial charge < -0.3 is 18.9 Å². The molecule has 41 heavy (non-hydrogen) atoms. The van der Waals surface area contributed by atoms with Gasteiger partial charge in [-0.25, -0.2) is 4.79 Å². The van der Waals surface area contributed by atoms with Crippen LogP contribution in [0.1, 0.15) is 30.5 Å². The predicted octanol–water partition coefficient (Wildman–Crippen LogP) is 5.41. The fourth-order valence-corrected chi connectivity index (χ4v) is 7.10. The van der Waals surface area contributed by atoms with Gasteiger partial charge in [-0.05, 0) is 75.2 Å². The monoisotopic (exact) mass is 609 g/mol. The molecule has 8 nitrogen and oxygen atoms in total. The highest BCUT2D eigenvalue weighted by Gasteiger charge is 2.50. The lowest BCUT2D eigenvalue weighted by Gasteiger charge is -2.22. The van der Waals surface area contributed by atoms with Gasteiger partial charge in [0.25, 0.3) is 0 Å². The Balaban J connectivity index is 1.57. The maximum absolute atomic E-state index is 13.7. The van der Waals surface area contributed by atoms with E-state index in [4.69, 9.17) is 23.5 Å². The van der Waals surface area contributed by atoms with Crippen LogP contribution in [-0.4, -0.2) is 50.1 Å². The summed E-state index contributed by atoms with van der Waals surface area (Å²) >= 11 is 0. The number of ether oxygens (including phenoxy) is 4. The van der Waals surface area contributed by atoms with Crippen LogP contribution in [-0.2, 0) is 45.8 Å². The Kier molecular flexibility index (Phi) is 9.22. The molecule has 2 unspecified atom stereocenters. The molecule has 0 spiro atoms. The highest BCUT2D eigenvalue weighted by atomic mass is 32.2. The number of hydrogen-bond donors (Lipinski definition) is 1. The van der Waals surface area contributed by atoms with Crippen LogP contribution in [0.2, 0.25) is 0 Å². The van der Waals surface area contributed by atoms with E-state index in [9.17, 15) is 22.0 Å². The van der Waals surface area contributed by atoms with Crippen molar-refractivity contribution in [3.05, 3.63) is 83.4 Å². The predicted molar refractivity (Wildman–Crippen MR) is 148 cm³/mol. The number of benzene rings is 3. The average Bonchev–Trinajstić information content (AvgIpc) is 3.37. The summed E-state index contributed by atoms with van der Waals surface area (Å²) in [6, 6.07) is 21.8. The first-order valence-corrected chi connectivity index (χ1v) is 15.4. The largest absolute Gasteiger partial charge is 0.424 e. The minimum Gasteiger partial charge on any atom is -0.424 e. The van der Waals surface area contributed by atoms with E-state index in [-0.39, 0.29) is 5.75 Å². The Morgan fingerprint density at radius 1 is 1.00 bits per heavy atom. The van der Waals surface area contributed by atoms with Crippen molar-refractivity contribution in [1.82, 2.24) is 0 Å². The Labute approximate surface area is 240 Å². The number of carbonyl (C=O) groups is 1. The number of aryl methyl sites for hydroxylation is 2. The van der Waals surface area contributed by atoms with E-state index in [1.54, 1.807) is 13.8 Å². The molecule has 0 aliphatic carbocycles. The molecule has 0 aromatic heterocycles. The van der Waals surface area contributed by atoms with Gasteiger partial charge in [0, 0.05) is 17.7 Å². The normalized spacial score (nSPS) is 16.8. The third kappa shape index (κ3) is 6.79. The van der Waals surface area contributed by atoms with Crippen molar-refractivity contribution in [2.75, 3.05) is 19.8 Å². The Hall–Kier alpha value is -2.87. The summed E-state index contributed by atoms with van der Waals surface area (Å²) in [5.74, 6) is -1.54. The van der Waals surface area contributed by atoms with Crippen molar-refractivity contribution in [2.45, 2.75) is 59.5 Å². The van der Waals surface area contributed by atoms with Crippen molar-refractivity contribution in [3.63, 3.8) is 0 Å². The van der Waals surface area contributed by atoms with E-state index < -0.39 is 50.7 Å². The van der Waals surface area contributed by atoms with Gasteiger partial charge in [0.1, 0.15) is 18.5 Å². The van der Waals surface area contributed by atoms with Gasteiger partial charge in [0.2, 0.25) is 0 Å². The molecule has 0 amide bonds. The summed E-state index contributed by atoms with van der Waals surface area (Å²) in [5.41, 5.74) is 2.18. The highest BCUT2D eigenvalue weighted by Crippen LogP contribution is 2.37. The molecule has 0 radical (unpaired) electrons. The smallest absolute Gasteiger partial charge is 0.394 e. The second-order valence-corrected chi connectivity index (χ2v) is 13.2. The van der Waals surface area contributed by atoms with Crippen LogP contribution in [0.5, 0.6) is 5.75 Å². The number of hydrogen-bond acceptors (Lipinski definition) is 7. The van der Waals surface area contributed by atoms with Gasteiger partial charge >= 0.3 is 21.3 Å². The van der Waals surface area contributed by atoms with Gasteiger partial charge in [-0.1, -0.05) is 18.2 Å². The van der Waals surface area contributed by atoms with Crippen molar-refractivity contribution in [3.8, 4) is 5.75 Å². The van der Waals surface area contributed by atoms with Crippen LogP contribution < -0.4 is 4.74 Å². The summed E-state index contributed by atoms with van der Waals surface area (Å²) in [6.45, 7) is 6.28. The Morgan fingerprint density at radius 2 is 1.54 bits per heavy atom. The van der Waals surface area contributed by atoms with E-state index in [0.717, 1.165) is 27.2 Å². The van der Waals surface area contributed by atoms with Crippen molar-refractivity contribution < 1.29 is 45.5 Å². The summed E-state index contributed by atoms with van der Waals surface area (Å²) in [7, 11) is -6.23. The van der Waals surface area contributed by atoms with Gasteiger partial charge in [-0.15, -0.1) is 0 Å². The van der Waals surface area contributed by atoms with E-state index in [1.807, 2.05) is 73.7 Å². The Morgan fingerprint density at radius 3 is 2.07 bits per heavy atom. The van der Waals surface area contributed by atoms with Crippen molar-refractivity contribution in [1.29, 1.82) is 0 Å². The molecule has 1 N–H and O–H groups in total. The van der Waals surface area contributed by atoms with Crippen LogP contribution in [0.4, 0.5) is 8.78 Å². The molecular formula is C29H31F2O8S2+. The van der Waals surface area contributed by atoms with Crippen LogP contribution in [0.25, 0.3) is 0 Å². The molecule has 0 bridgehead atoms. The minimum atomic E-state index is -5.71. The maximum atomic E-state index is 13.7. The molecule has 1 aliphatic heterocycles. The lowest BCUT2D eigenvalue weighted by molar-refractivity contribution is -0.149. The summed E-state index contributed by atoms with van der Waals surface area (Å²) in [4.78, 5) is 15.5. The van der Waals surface area contributed by atoms with Gasteiger partial charge in [0.05, 0.1) is 24.1 Å². The molecule has 3 aromatic carbocycles. The molecule has 2 atom stereocenters. The fraction of sp³-hybridized carbons (Fsp3) is 0.345. The van der Waals surface area contributed by atoms with Crippen molar-refractivity contribution >= 4 is 27.0 Å². The number of rotatable bonds is 10. The van der Waals surface area contributed by atoms with E-state index in [2.05, 4.69) is 0 Å².